The summed E-state index contributed by atoms with van der Waals surface area (Å²) in [6, 6.07) is 3.94. The van der Waals surface area contributed by atoms with Gasteiger partial charge in [0, 0.05) is 5.02 Å². The van der Waals surface area contributed by atoms with E-state index >= 15 is 0 Å². The van der Waals surface area contributed by atoms with E-state index in [0.717, 1.165) is 17.8 Å². The molecule has 0 saturated heterocycles. The van der Waals surface area contributed by atoms with Crippen LogP contribution in [0.5, 0.6) is 0 Å². The van der Waals surface area contributed by atoms with Crippen molar-refractivity contribution in [3.63, 3.8) is 0 Å². The Hall–Kier alpha value is -1.66. The van der Waals surface area contributed by atoms with E-state index < -0.39 is 11.9 Å². The number of aromatic nitrogens is 1. The maximum atomic E-state index is 12.7. The monoisotopic (exact) mass is 335 g/mol. The molecule has 0 aliphatic heterocycles. The number of nitrogen functional groups attached to an aromatic ring is 1. The zero-order chi connectivity index (χ0) is 15.8. The second-order valence-corrected chi connectivity index (χ2v) is 5.18. The van der Waals surface area contributed by atoms with E-state index in [1.165, 1.54) is 6.07 Å². The van der Waals surface area contributed by atoms with Gasteiger partial charge >= 0.3 is 6.18 Å². The third kappa shape index (κ3) is 3.51. The number of nitrogens with two attached hydrogens (primary N) is 1. The van der Waals surface area contributed by atoms with Crippen LogP contribution in [0.1, 0.15) is 11.3 Å². The van der Waals surface area contributed by atoms with Crippen molar-refractivity contribution in [3.05, 3.63) is 45.7 Å². The molecule has 0 amide bonds. The number of aryl methyl sites for hydroxylation is 1. The van der Waals surface area contributed by atoms with Crippen LogP contribution in [0.25, 0.3) is 0 Å². The van der Waals surface area contributed by atoms with E-state index in [0.29, 0.717) is 15.7 Å². The fourth-order valence-electron chi connectivity index (χ4n) is 1.62. The maximum Gasteiger partial charge on any atom is 0.433 e. The van der Waals surface area contributed by atoms with E-state index in [1.54, 1.807) is 13.0 Å². The van der Waals surface area contributed by atoms with Crippen LogP contribution in [0.2, 0.25) is 10.0 Å². The van der Waals surface area contributed by atoms with Gasteiger partial charge < -0.3 is 11.1 Å². The summed E-state index contributed by atoms with van der Waals surface area (Å²) in [7, 11) is 0. The summed E-state index contributed by atoms with van der Waals surface area (Å²) in [4.78, 5) is 3.26. The molecule has 112 valence electrons. The standard InChI is InChI=1S/C13H10Cl2F3N3/c1-6-2-8(15)10(3-7(6)14)21-11-4-12(13(16,17)18)20-5-9(11)19/h2-5H,19H2,1H3,(H,20,21). The Labute approximate surface area is 128 Å². The summed E-state index contributed by atoms with van der Waals surface area (Å²) in [5, 5.41) is 3.50. The smallest absolute Gasteiger partial charge is 0.396 e. The van der Waals surface area contributed by atoms with Gasteiger partial charge in [0.15, 0.2) is 0 Å². The molecule has 21 heavy (non-hydrogen) atoms. The first-order valence-corrected chi connectivity index (χ1v) is 6.49. The normalized spacial score (nSPS) is 11.5. The van der Waals surface area contributed by atoms with E-state index in [9.17, 15) is 13.2 Å². The number of anilines is 3. The van der Waals surface area contributed by atoms with Crippen LogP contribution < -0.4 is 11.1 Å². The summed E-state index contributed by atoms with van der Waals surface area (Å²) in [6.07, 6.45) is -3.62. The average molecular weight is 336 g/mol. The Morgan fingerprint density at radius 2 is 1.76 bits per heavy atom. The number of pyridine rings is 1. The molecule has 0 saturated carbocycles. The van der Waals surface area contributed by atoms with Gasteiger partial charge in [-0.2, -0.15) is 13.2 Å². The van der Waals surface area contributed by atoms with Crippen LogP contribution in [0.4, 0.5) is 30.2 Å². The maximum absolute atomic E-state index is 12.7. The first kappa shape index (κ1) is 15.7. The van der Waals surface area contributed by atoms with Gasteiger partial charge in [0.1, 0.15) is 5.69 Å². The molecule has 8 heteroatoms. The molecule has 0 aliphatic rings. The lowest BCUT2D eigenvalue weighted by molar-refractivity contribution is -0.141. The van der Waals surface area contributed by atoms with Crippen molar-refractivity contribution in [2.24, 2.45) is 0 Å². The van der Waals surface area contributed by atoms with Crippen molar-refractivity contribution in [1.29, 1.82) is 0 Å². The Kier molecular flexibility index (Phi) is 4.20. The minimum atomic E-state index is -4.56. The lowest BCUT2D eigenvalue weighted by Crippen LogP contribution is -2.09. The van der Waals surface area contributed by atoms with Crippen LogP contribution in [0, 0.1) is 6.92 Å². The van der Waals surface area contributed by atoms with E-state index in [2.05, 4.69) is 10.3 Å². The van der Waals surface area contributed by atoms with Crippen LogP contribution in [0.3, 0.4) is 0 Å². The van der Waals surface area contributed by atoms with Gasteiger partial charge in [0.25, 0.3) is 0 Å². The van der Waals surface area contributed by atoms with Crippen molar-refractivity contribution in [2.45, 2.75) is 13.1 Å². The first-order chi connectivity index (χ1) is 9.68. The average Bonchev–Trinajstić information content (AvgIpc) is 2.37. The Morgan fingerprint density at radius 1 is 1.10 bits per heavy atom. The highest BCUT2D eigenvalue weighted by Gasteiger charge is 2.33. The molecule has 2 aromatic rings. The molecule has 0 radical (unpaired) electrons. The second kappa shape index (κ2) is 5.61. The Morgan fingerprint density at radius 3 is 2.38 bits per heavy atom. The van der Waals surface area contributed by atoms with Gasteiger partial charge in [-0.3, -0.25) is 0 Å². The van der Waals surface area contributed by atoms with Gasteiger partial charge in [0.05, 0.1) is 28.3 Å². The molecule has 3 N–H and O–H groups in total. The van der Waals surface area contributed by atoms with Crippen molar-refractivity contribution >= 4 is 40.3 Å². The van der Waals surface area contributed by atoms with Gasteiger partial charge in [-0.25, -0.2) is 4.98 Å². The number of benzene rings is 1. The van der Waals surface area contributed by atoms with Gasteiger partial charge in [-0.05, 0) is 30.7 Å². The zero-order valence-electron chi connectivity index (χ0n) is 10.7. The zero-order valence-corrected chi connectivity index (χ0v) is 12.2. The summed E-state index contributed by atoms with van der Waals surface area (Å²) in [5.41, 5.74) is 5.82. The molecule has 0 bridgehead atoms. The molecular weight excluding hydrogens is 326 g/mol. The number of alkyl halides is 3. The highest BCUT2D eigenvalue weighted by molar-refractivity contribution is 6.35. The number of nitrogens with one attached hydrogen (secondary N) is 1. The molecule has 1 heterocycles. The predicted molar refractivity (Wildman–Crippen MR) is 78.1 cm³/mol. The van der Waals surface area contributed by atoms with Crippen molar-refractivity contribution < 1.29 is 13.2 Å². The number of halogens is 5. The molecule has 2 rings (SSSR count). The largest absolute Gasteiger partial charge is 0.433 e. The topological polar surface area (TPSA) is 50.9 Å². The second-order valence-electron chi connectivity index (χ2n) is 4.36. The Bertz CT molecular complexity index is 687. The number of hydrogen-bond donors (Lipinski definition) is 2. The van der Waals surface area contributed by atoms with Crippen molar-refractivity contribution in [1.82, 2.24) is 4.98 Å². The van der Waals surface area contributed by atoms with Crippen molar-refractivity contribution in [3.8, 4) is 0 Å². The number of hydrogen-bond acceptors (Lipinski definition) is 3. The van der Waals surface area contributed by atoms with E-state index in [4.69, 9.17) is 28.9 Å². The third-order valence-electron chi connectivity index (χ3n) is 2.74. The molecule has 0 atom stereocenters. The van der Waals surface area contributed by atoms with E-state index in [-0.39, 0.29) is 11.4 Å². The van der Waals surface area contributed by atoms with E-state index in [1.807, 2.05) is 0 Å². The minimum Gasteiger partial charge on any atom is -0.396 e. The van der Waals surface area contributed by atoms with Gasteiger partial charge in [-0.15, -0.1) is 0 Å². The lowest BCUT2D eigenvalue weighted by atomic mass is 10.2. The molecule has 0 spiro atoms. The van der Waals surface area contributed by atoms with Gasteiger partial charge in [-0.1, -0.05) is 23.2 Å². The highest BCUT2D eigenvalue weighted by Crippen LogP contribution is 2.35. The fraction of sp³-hybridized carbons (Fsp3) is 0.154. The summed E-state index contributed by atoms with van der Waals surface area (Å²) in [5.74, 6) is 0. The third-order valence-corrected chi connectivity index (χ3v) is 3.46. The predicted octanol–water partition coefficient (Wildman–Crippen LogP) is 5.04. The van der Waals surface area contributed by atoms with Gasteiger partial charge in [0.2, 0.25) is 0 Å². The minimum absolute atomic E-state index is 0.0548. The number of nitrogens with zero attached hydrogens (tertiary/aromatic N) is 1. The summed E-state index contributed by atoms with van der Waals surface area (Å²) < 4.78 is 38.0. The SMILES string of the molecule is Cc1cc(Cl)c(Nc2cc(C(F)(F)F)ncc2N)cc1Cl. The lowest BCUT2D eigenvalue weighted by Gasteiger charge is -2.14. The summed E-state index contributed by atoms with van der Waals surface area (Å²) >= 11 is 12.0. The molecule has 0 aliphatic carbocycles. The van der Waals surface area contributed by atoms with Crippen LogP contribution in [0.15, 0.2) is 24.4 Å². The highest BCUT2D eigenvalue weighted by atomic mass is 35.5. The van der Waals surface area contributed by atoms with Crippen molar-refractivity contribution in [2.75, 3.05) is 11.1 Å². The molecule has 1 aromatic heterocycles. The quantitative estimate of drug-likeness (QED) is 0.808. The van der Waals surface area contributed by atoms with Crippen LogP contribution >= 0.6 is 23.2 Å². The first-order valence-electron chi connectivity index (χ1n) is 5.74. The Balaban J connectivity index is 2.42. The fourth-order valence-corrected chi connectivity index (χ4v) is 2.05. The summed E-state index contributed by atoms with van der Waals surface area (Å²) in [6.45, 7) is 1.76. The van der Waals surface area contributed by atoms with Crippen LogP contribution in [-0.2, 0) is 6.18 Å². The molecule has 0 unspecified atom stereocenters. The number of rotatable bonds is 2. The molecular formula is C13H10Cl2F3N3. The molecule has 3 nitrogen and oxygen atoms in total. The molecule has 1 aromatic carbocycles. The van der Waals surface area contributed by atoms with Crippen LogP contribution in [-0.4, -0.2) is 4.98 Å². The molecule has 0 fully saturated rings.